The van der Waals surface area contributed by atoms with Crippen LogP contribution < -0.4 is 14.8 Å². The van der Waals surface area contributed by atoms with Crippen LogP contribution in [-0.4, -0.2) is 35.0 Å². The maximum atomic E-state index is 12.2. The first-order chi connectivity index (χ1) is 13.6. The lowest BCUT2D eigenvalue weighted by atomic mass is 10.1. The van der Waals surface area contributed by atoms with Crippen LogP contribution in [0.4, 0.5) is 5.13 Å². The van der Waals surface area contributed by atoms with E-state index in [1.54, 1.807) is 0 Å². The van der Waals surface area contributed by atoms with Crippen molar-refractivity contribution < 1.29 is 18.8 Å². The molecule has 3 aromatic rings. The SMILES string of the molecule is Cc1noc(C)c1CSCC(=O)Nc1nc(-c2ccc3c(c2)OCCO3)cs1. The maximum absolute atomic E-state index is 12.2. The number of nitrogens with zero attached hydrogens (tertiary/aromatic N) is 2. The summed E-state index contributed by atoms with van der Waals surface area (Å²) in [7, 11) is 0. The topological polar surface area (TPSA) is 86.5 Å². The first kappa shape index (κ1) is 18.8. The number of nitrogens with one attached hydrogen (secondary N) is 1. The fourth-order valence-electron chi connectivity index (χ4n) is 2.78. The second kappa shape index (κ2) is 8.24. The number of thioether (sulfide) groups is 1. The van der Waals surface area contributed by atoms with E-state index in [9.17, 15) is 4.79 Å². The molecule has 0 fully saturated rings. The molecule has 2 aromatic heterocycles. The van der Waals surface area contributed by atoms with Crippen molar-refractivity contribution in [2.24, 2.45) is 0 Å². The lowest BCUT2D eigenvalue weighted by Crippen LogP contribution is -2.15. The van der Waals surface area contributed by atoms with E-state index in [1.165, 1.54) is 23.1 Å². The molecule has 0 atom stereocenters. The number of ether oxygens (including phenoxy) is 2. The molecular weight excluding hydrogens is 398 g/mol. The summed E-state index contributed by atoms with van der Waals surface area (Å²) in [4.78, 5) is 16.7. The summed E-state index contributed by atoms with van der Waals surface area (Å²) in [5.74, 6) is 3.21. The number of thiazole rings is 1. The van der Waals surface area contributed by atoms with Crippen LogP contribution >= 0.6 is 23.1 Å². The average molecular weight is 418 g/mol. The highest BCUT2D eigenvalue weighted by Crippen LogP contribution is 2.35. The van der Waals surface area contributed by atoms with Crippen molar-refractivity contribution in [1.82, 2.24) is 10.1 Å². The monoisotopic (exact) mass is 417 g/mol. The number of carbonyl (C=O) groups excluding carboxylic acids is 1. The Morgan fingerprint density at radius 2 is 2.07 bits per heavy atom. The maximum Gasteiger partial charge on any atom is 0.236 e. The van der Waals surface area contributed by atoms with Crippen LogP contribution in [0.25, 0.3) is 11.3 Å². The van der Waals surface area contributed by atoms with Gasteiger partial charge in [-0.2, -0.15) is 0 Å². The summed E-state index contributed by atoms with van der Waals surface area (Å²) in [5, 5.41) is 9.27. The fraction of sp³-hybridized carbons (Fsp3) is 0.316. The van der Waals surface area contributed by atoms with Crippen LogP contribution in [0.15, 0.2) is 28.1 Å². The number of amides is 1. The summed E-state index contributed by atoms with van der Waals surface area (Å²) in [5.41, 5.74) is 3.64. The van der Waals surface area contributed by atoms with Gasteiger partial charge in [0.2, 0.25) is 5.91 Å². The predicted molar refractivity (Wildman–Crippen MR) is 109 cm³/mol. The Hall–Kier alpha value is -2.52. The minimum Gasteiger partial charge on any atom is -0.486 e. The summed E-state index contributed by atoms with van der Waals surface area (Å²) in [6.45, 7) is 4.89. The zero-order valence-corrected chi connectivity index (χ0v) is 17.1. The molecule has 1 aliphatic rings. The van der Waals surface area contributed by atoms with Crippen molar-refractivity contribution in [3.8, 4) is 22.8 Å². The highest BCUT2D eigenvalue weighted by molar-refractivity contribution is 7.99. The van der Waals surface area contributed by atoms with Gasteiger partial charge < -0.3 is 19.3 Å². The zero-order valence-electron chi connectivity index (χ0n) is 15.5. The van der Waals surface area contributed by atoms with Crippen molar-refractivity contribution in [2.75, 3.05) is 24.3 Å². The number of benzene rings is 1. The van der Waals surface area contributed by atoms with Crippen molar-refractivity contribution in [2.45, 2.75) is 19.6 Å². The van der Waals surface area contributed by atoms with Crippen LogP contribution in [0.5, 0.6) is 11.5 Å². The third-order valence-electron chi connectivity index (χ3n) is 4.25. The van der Waals surface area contributed by atoms with Gasteiger partial charge in [-0.15, -0.1) is 23.1 Å². The molecule has 4 rings (SSSR count). The van der Waals surface area contributed by atoms with Crippen molar-refractivity contribution in [3.63, 3.8) is 0 Å². The molecule has 28 heavy (non-hydrogen) atoms. The van der Waals surface area contributed by atoms with Gasteiger partial charge in [0.25, 0.3) is 0 Å². The van der Waals surface area contributed by atoms with Crippen molar-refractivity contribution in [3.05, 3.63) is 40.6 Å². The fourth-order valence-corrected chi connectivity index (χ4v) is 4.49. The number of carbonyl (C=O) groups is 1. The summed E-state index contributed by atoms with van der Waals surface area (Å²) in [6.07, 6.45) is 0. The zero-order chi connectivity index (χ0) is 19.5. The molecular formula is C19H19N3O4S2. The van der Waals surface area contributed by atoms with E-state index in [2.05, 4.69) is 15.5 Å². The van der Waals surface area contributed by atoms with Crippen LogP contribution in [0.2, 0.25) is 0 Å². The van der Waals surface area contributed by atoms with E-state index in [0.29, 0.717) is 29.9 Å². The number of hydrogen-bond donors (Lipinski definition) is 1. The van der Waals surface area contributed by atoms with Crippen molar-refractivity contribution in [1.29, 1.82) is 0 Å². The third kappa shape index (κ3) is 4.15. The minimum atomic E-state index is -0.0835. The average Bonchev–Trinajstić information content (AvgIpc) is 3.29. The molecule has 0 radical (unpaired) electrons. The van der Waals surface area contributed by atoms with E-state index in [-0.39, 0.29) is 5.91 Å². The normalized spacial score (nSPS) is 12.8. The predicted octanol–water partition coefficient (Wildman–Crippen LogP) is 4.06. The first-order valence-electron chi connectivity index (χ1n) is 8.75. The number of anilines is 1. The second-order valence-corrected chi connectivity index (χ2v) is 8.08. The quantitative estimate of drug-likeness (QED) is 0.647. The Morgan fingerprint density at radius 3 is 2.86 bits per heavy atom. The number of fused-ring (bicyclic) bond motifs is 1. The molecule has 0 unspecified atom stereocenters. The van der Waals surface area contributed by atoms with E-state index in [4.69, 9.17) is 14.0 Å². The van der Waals surface area contributed by atoms with E-state index in [0.717, 1.165) is 39.8 Å². The summed E-state index contributed by atoms with van der Waals surface area (Å²) >= 11 is 2.92. The number of hydrogen-bond acceptors (Lipinski definition) is 8. The van der Waals surface area contributed by atoms with Crippen LogP contribution in [0.1, 0.15) is 17.0 Å². The molecule has 7 nitrogen and oxygen atoms in total. The lowest BCUT2D eigenvalue weighted by molar-refractivity contribution is -0.113. The largest absolute Gasteiger partial charge is 0.486 e. The molecule has 1 aromatic carbocycles. The van der Waals surface area contributed by atoms with Crippen molar-refractivity contribution >= 4 is 34.1 Å². The van der Waals surface area contributed by atoms with Crippen LogP contribution in [0, 0.1) is 13.8 Å². The Labute approximate surface area is 170 Å². The third-order valence-corrected chi connectivity index (χ3v) is 5.97. The van der Waals surface area contributed by atoms with Gasteiger partial charge >= 0.3 is 0 Å². The van der Waals surface area contributed by atoms with Gasteiger partial charge in [-0.1, -0.05) is 5.16 Å². The number of aromatic nitrogens is 2. The molecule has 0 saturated heterocycles. The molecule has 3 heterocycles. The highest BCUT2D eigenvalue weighted by atomic mass is 32.2. The molecule has 146 valence electrons. The molecule has 0 bridgehead atoms. The summed E-state index contributed by atoms with van der Waals surface area (Å²) in [6, 6.07) is 5.73. The van der Waals surface area contributed by atoms with Gasteiger partial charge in [0.1, 0.15) is 19.0 Å². The Balaban J connectivity index is 1.33. The highest BCUT2D eigenvalue weighted by Gasteiger charge is 2.15. The molecule has 9 heteroatoms. The Bertz CT molecular complexity index is 979. The van der Waals surface area contributed by atoms with E-state index < -0.39 is 0 Å². The van der Waals surface area contributed by atoms with E-state index in [1.807, 2.05) is 37.4 Å². The van der Waals surface area contributed by atoms with Gasteiger partial charge in [-0.05, 0) is 32.0 Å². The van der Waals surface area contributed by atoms with Crippen LogP contribution in [0.3, 0.4) is 0 Å². The number of rotatable bonds is 6. The van der Waals surface area contributed by atoms with Gasteiger partial charge in [0.05, 0.1) is 17.1 Å². The van der Waals surface area contributed by atoms with Gasteiger partial charge in [-0.25, -0.2) is 4.98 Å². The minimum absolute atomic E-state index is 0.0835. The van der Waals surface area contributed by atoms with Crippen LogP contribution in [-0.2, 0) is 10.5 Å². The lowest BCUT2D eigenvalue weighted by Gasteiger charge is -2.18. The first-order valence-corrected chi connectivity index (χ1v) is 10.8. The molecule has 1 aliphatic heterocycles. The van der Waals surface area contributed by atoms with Gasteiger partial charge in [0, 0.05) is 22.3 Å². The molecule has 0 aliphatic carbocycles. The summed E-state index contributed by atoms with van der Waals surface area (Å²) < 4.78 is 16.3. The van der Waals surface area contributed by atoms with E-state index >= 15 is 0 Å². The number of aryl methyl sites for hydroxylation is 2. The molecule has 0 spiro atoms. The molecule has 1 amide bonds. The molecule has 1 N–H and O–H groups in total. The standard InChI is InChI=1S/C19H19N3O4S2/c1-11-14(12(2)26-22-11)8-27-10-18(23)21-19-20-15(9-28-19)13-3-4-16-17(7-13)25-6-5-24-16/h3-4,7,9H,5-6,8,10H2,1-2H3,(H,20,21,23). The Morgan fingerprint density at radius 1 is 1.25 bits per heavy atom. The Kier molecular flexibility index (Phi) is 5.54. The second-order valence-electron chi connectivity index (χ2n) is 6.24. The van der Waals surface area contributed by atoms with Gasteiger partial charge in [0.15, 0.2) is 16.6 Å². The van der Waals surface area contributed by atoms with Gasteiger partial charge in [-0.3, -0.25) is 4.79 Å². The smallest absolute Gasteiger partial charge is 0.236 e. The molecule has 0 saturated carbocycles.